The van der Waals surface area contributed by atoms with E-state index in [1.54, 1.807) is 12.3 Å². The molecule has 0 aliphatic rings. The average molecular weight is 366 g/mol. The van der Waals surface area contributed by atoms with E-state index in [-0.39, 0.29) is 24.1 Å². The van der Waals surface area contributed by atoms with Crippen LogP contribution in [0.4, 0.5) is 0 Å². The van der Waals surface area contributed by atoms with E-state index in [0.29, 0.717) is 5.39 Å². The fourth-order valence-electron chi connectivity index (χ4n) is 2.97. The monoisotopic (exact) mass is 366 g/mol. The van der Waals surface area contributed by atoms with Gasteiger partial charge < -0.3 is 9.84 Å². The highest BCUT2D eigenvalue weighted by atomic mass is 16.5. The molecule has 2 aromatic carbocycles. The largest absolute Gasteiger partial charge is 0.491 e. The number of hydrogen-bond acceptors (Lipinski definition) is 4. The summed E-state index contributed by atoms with van der Waals surface area (Å²) in [4.78, 5) is 12.5. The molecule has 142 valence electrons. The second kappa shape index (κ2) is 7.53. The molecule has 0 aliphatic heterocycles. The molecule has 5 nitrogen and oxygen atoms in total. The molecule has 0 amide bonds. The van der Waals surface area contributed by atoms with Crippen LogP contribution < -0.4 is 10.3 Å². The Hall–Kier alpha value is -2.66. The number of aliphatic hydroxyl groups excluding tert-OH is 1. The van der Waals surface area contributed by atoms with Crippen molar-refractivity contribution in [3.63, 3.8) is 0 Å². The van der Waals surface area contributed by atoms with Crippen molar-refractivity contribution in [3.8, 4) is 5.75 Å². The van der Waals surface area contributed by atoms with E-state index >= 15 is 0 Å². The molecule has 5 heteroatoms. The molecule has 1 atom stereocenters. The third kappa shape index (κ3) is 4.37. The number of rotatable bonds is 5. The van der Waals surface area contributed by atoms with Crippen LogP contribution in [0, 0.1) is 6.92 Å². The molecule has 0 fully saturated rings. The fraction of sp³-hybridized carbons (Fsp3) is 0.364. The Bertz CT molecular complexity index is 1000. The summed E-state index contributed by atoms with van der Waals surface area (Å²) in [6, 6.07) is 13.4. The minimum atomic E-state index is -0.835. The Labute approximate surface area is 159 Å². The van der Waals surface area contributed by atoms with Gasteiger partial charge in [0, 0.05) is 5.39 Å². The molecule has 27 heavy (non-hydrogen) atoms. The zero-order valence-electron chi connectivity index (χ0n) is 16.3. The summed E-state index contributed by atoms with van der Waals surface area (Å²) in [5, 5.41) is 15.8. The van der Waals surface area contributed by atoms with Gasteiger partial charge in [0.15, 0.2) is 0 Å². The minimum Gasteiger partial charge on any atom is -0.491 e. The Morgan fingerprint density at radius 1 is 1.19 bits per heavy atom. The van der Waals surface area contributed by atoms with Gasteiger partial charge in [-0.2, -0.15) is 5.10 Å². The Morgan fingerprint density at radius 3 is 2.63 bits per heavy atom. The number of benzene rings is 2. The first-order valence-electron chi connectivity index (χ1n) is 9.12. The third-order valence-corrected chi connectivity index (χ3v) is 4.62. The van der Waals surface area contributed by atoms with Crippen LogP contribution in [-0.4, -0.2) is 27.6 Å². The first kappa shape index (κ1) is 19.1. The van der Waals surface area contributed by atoms with Crippen molar-refractivity contribution in [1.29, 1.82) is 0 Å². The van der Waals surface area contributed by atoms with E-state index in [4.69, 9.17) is 4.74 Å². The molecule has 0 radical (unpaired) electrons. The van der Waals surface area contributed by atoms with Gasteiger partial charge in [0.2, 0.25) is 0 Å². The summed E-state index contributed by atoms with van der Waals surface area (Å²) in [5.74, 6) is 0.737. The van der Waals surface area contributed by atoms with E-state index in [0.717, 1.165) is 16.7 Å². The second-order valence-corrected chi connectivity index (χ2v) is 7.91. The number of ether oxygens (including phenoxy) is 1. The van der Waals surface area contributed by atoms with Gasteiger partial charge in [0.25, 0.3) is 5.56 Å². The molecule has 1 unspecified atom stereocenters. The van der Waals surface area contributed by atoms with Crippen molar-refractivity contribution in [3.05, 3.63) is 70.1 Å². The maximum atomic E-state index is 12.5. The van der Waals surface area contributed by atoms with Gasteiger partial charge in [-0.1, -0.05) is 51.1 Å². The van der Waals surface area contributed by atoms with E-state index in [9.17, 15) is 9.90 Å². The summed E-state index contributed by atoms with van der Waals surface area (Å²) in [5.41, 5.74) is 2.12. The predicted molar refractivity (Wildman–Crippen MR) is 107 cm³/mol. The van der Waals surface area contributed by atoms with Gasteiger partial charge in [-0.25, -0.2) is 4.68 Å². The maximum Gasteiger partial charge on any atom is 0.274 e. The van der Waals surface area contributed by atoms with Crippen LogP contribution in [0.5, 0.6) is 5.75 Å². The first-order valence-corrected chi connectivity index (χ1v) is 9.12. The minimum absolute atomic E-state index is 0.0751. The Morgan fingerprint density at radius 2 is 1.93 bits per heavy atom. The number of aryl methyl sites for hydroxylation is 1. The Kier molecular flexibility index (Phi) is 5.33. The quantitative estimate of drug-likeness (QED) is 0.751. The highest BCUT2D eigenvalue weighted by Gasteiger charge is 2.16. The van der Waals surface area contributed by atoms with Crippen LogP contribution in [0.25, 0.3) is 10.8 Å². The van der Waals surface area contributed by atoms with Crippen molar-refractivity contribution in [2.45, 2.75) is 45.8 Å². The van der Waals surface area contributed by atoms with Gasteiger partial charge >= 0.3 is 0 Å². The smallest absolute Gasteiger partial charge is 0.274 e. The lowest BCUT2D eigenvalue weighted by Gasteiger charge is -2.21. The molecule has 1 aromatic heterocycles. The van der Waals surface area contributed by atoms with Crippen LogP contribution >= 0.6 is 0 Å². The van der Waals surface area contributed by atoms with Crippen LogP contribution in [0.2, 0.25) is 0 Å². The summed E-state index contributed by atoms with van der Waals surface area (Å²) >= 11 is 0. The summed E-state index contributed by atoms with van der Waals surface area (Å²) in [6.45, 7) is 8.67. The van der Waals surface area contributed by atoms with Crippen molar-refractivity contribution in [2.24, 2.45) is 0 Å². The molecular formula is C22H26N2O3. The van der Waals surface area contributed by atoms with Crippen LogP contribution in [-0.2, 0) is 12.0 Å². The van der Waals surface area contributed by atoms with E-state index in [1.165, 1.54) is 10.2 Å². The molecule has 0 bridgehead atoms. The van der Waals surface area contributed by atoms with Gasteiger partial charge in [0.1, 0.15) is 18.5 Å². The molecule has 3 rings (SSSR count). The molecule has 1 heterocycles. The van der Waals surface area contributed by atoms with E-state index < -0.39 is 6.10 Å². The molecular weight excluding hydrogens is 340 g/mol. The summed E-state index contributed by atoms with van der Waals surface area (Å²) in [6.07, 6.45) is 0.803. The van der Waals surface area contributed by atoms with Gasteiger partial charge in [0.05, 0.1) is 18.1 Å². The number of fused-ring (bicyclic) bond motifs is 1. The number of aliphatic hydroxyl groups is 1. The van der Waals surface area contributed by atoms with Gasteiger partial charge in [-0.3, -0.25) is 4.79 Å². The van der Waals surface area contributed by atoms with E-state index in [1.807, 2.05) is 37.3 Å². The number of aromatic nitrogens is 2. The SMILES string of the molecule is Cc1cc(C(C)(C)C)ccc1OCC(O)Cn1ncc2ccccc2c1=O. The van der Waals surface area contributed by atoms with Gasteiger partial charge in [-0.05, 0) is 35.6 Å². The second-order valence-electron chi connectivity index (χ2n) is 7.91. The normalized spacial score (nSPS) is 12.9. The summed E-state index contributed by atoms with van der Waals surface area (Å²) in [7, 11) is 0. The lowest BCUT2D eigenvalue weighted by Crippen LogP contribution is -2.31. The van der Waals surface area contributed by atoms with Crippen molar-refractivity contribution >= 4 is 10.8 Å². The van der Waals surface area contributed by atoms with Crippen molar-refractivity contribution < 1.29 is 9.84 Å². The molecule has 3 aromatic rings. The van der Waals surface area contributed by atoms with Gasteiger partial charge in [-0.15, -0.1) is 0 Å². The molecule has 0 spiro atoms. The zero-order chi connectivity index (χ0) is 19.6. The number of nitrogens with zero attached hydrogens (tertiary/aromatic N) is 2. The lowest BCUT2D eigenvalue weighted by atomic mass is 9.86. The van der Waals surface area contributed by atoms with Crippen molar-refractivity contribution in [2.75, 3.05) is 6.61 Å². The Balaban J connectivity index is 1.68. The average Bonchev–Trinajstić information content (AvgIpc) is 2.62. The topological polar surface area (TPSA) is 64.3 Å². The van der Waals surface area contributed by atoms with Crippen LogP contribution in [0.15, 0.2) is 53.5 Å². The maximum absolute atomic E-state index is 12.5. The standard InChI is InChI=1S/C22H26N2O3/c1-15-11-17(22(2,3)4)9-10-20(15)27-14-18(25)13-24-21(26)19-8-6-5-7-16(19)12-23-24/h5-12,18,25H,13-14H2,1-4H3. The fourth-order valence-corrected chi connectivity index (χ4v) is 2.97. The molecule has 0 saturated heterocycles. The molecule has 0 saturated carbocycles. The molecule has 1 N–H and O–H groups in total. The number of hydrogen-bond donors (Lipinski definition) is 1. The highest BCUT2D eigenvalue weighted by Crippen LogP contribution is 2.27. The van der Waals surface area contributed by atoms with Crippen molar-refractivity contribution in [1.82, 2.24) is 9.78 Å². The van der Waals surface area contributed by atoms with E-state index in [2.05, 4.69) is 31.9 Å². The zero-order valence-corrected chi connectivity index (χ0v) is 16.3. The predicted octanol–water partition coefficient (Wildman–Crippen LogP) is 3.44. The lowest BCUT2D eigenvalue weighted by molar-refractivity contribution is 0.0878. The summed E-state index contributed by atoms with van der Waals surface area (Å²) < 4.78 is 7.06. The highest BCUT2D eigenvalue weighted by molar-refractivity contribution is 5.80. The van der Waals surface area contributed by atoms with Crippen LogP contribution in [0.1, 0.15) is 31.9 Å². The molecule has 0 aliphatic carbocycles. The van der Waals surface area contributed by atoms with Crippen LogP contribution in [0.3, 0.4) is 0 Å². The first-order chi connectivity index (χ1) is 12.8. The third-order valence-electron chi connectivity index (χ3n) is 4.62.